The first kappa shape index (κ1) is 7.84. The largest absolute Gasteiger partial charge is 0.359 e. The van der Waals surface area contributed by atoms with Crippen molar-refractivity contribution in [3.8, 4) is 0 Å². The van der Waals surface area contributed by atoms with E-state index >= 15 is 0 Å². The van der Waals surface area contributed by atoms with Gasteiger partial charge in [0.05, 0.1) is 0 Å². The van der Waals surface area contributed by atoms with Crippen molar-refractivity contribution in [3.63, 3.8) is 0 Å². The Balaban J connectivity index is 1.91. The van der Waals surface area contributed by atoms with Gasteiger partial charge in [0, 0.05) is 13.5 Å². The van der Waals surface area contributed by atoms with Crippen molar-refractivity contribution in [2.24, 2.45) is 17.8 Å². The van der Waals surface area contributed by atoms with Gasteiger partial charge in [-0.15, -0.1) is 0 Å². The summed E-state index contributed by atoms with van der Waals surface area (Å²) < 4.78 is 0. The van der Waals surface area contributed by atoms with Gasteiger partial charge >= 0.3 is 0 Å². The van der Waals surface area contributed by atoms with Crippen molar-refractivity contribution in [2.75, 3.05) is 7.05 Å². The SMILES string of the molecule is CNC(=O)CC1CC2C=CC1C2. The molecule has 0 aliphatic heterocycles. The van der Waals surface area contributed by atoms with Gasteiger partial charge in [-0.1, -0.05) is 12.2 Å². The second kappa shape index (κ2) is 2.92. The van der Waals surface area contributed by atoms with Crippen LogP contribution in [0.1, 0.15) is 19.3 Å². The Labute approximate surface area is 73.0 Å². The molecule has 0 aromatic carbocycles. The maximum Gasteiger partial charge on any atom is 0.220 e. The molecule has 3 atom stereocenters. The highest BCUT2D eigenvalue weighted by molar-refractivity contribution is 5.75. The fourth-order valence-electron chi connectivity index (χ4n) is 2.47. The highest BCUT2D eigenvalue weighted by Crippen LogP contribution is 2.44. The summed E-state index contributed by atoms with van der Waals surface area (Å²) in [7, 11) is 1.71. The van der Waals surface area contributed by atoms with Crippen molar-refractivity contribution in [1.82, 2.24) is 5.32 Å². The number of nitrogens with one attached hydrogen (secondary N) is 1. The number of hydrogen-bond donors (Lipinski definition) is 1. The lowest BCUT2D eigenvalue weighted by molar-refractivity contribution is -0.121. The molecule has 2 nitrogen and oxygen atoms in total. The number of hydrogen-bond acceptors (Lipinski definition) is 1. The summed E-state index contributed by atoms with van der Waals surface area (Å²) in [5.74, 6) is 2.30. The molecule has 0 aromatic heterocycles. The minimum Gasteiger partial charge on any atom is -0.359 e. The molecule has 66 valence electrons. The van der Waals surface area contributed by atoms with Crippen LogP contribution < -0.4 is 5.32 Å². The molecular formula is C10H15NO. The fraction of sp³-hybridized carbons (Fsp3) is 0.700. The van der Waals surface area contributed by atoms with Gasteiger partial charge in [-0.3, -0.25) is 4.79 Å². The minimum absolute atomic E-state index is 0.195. The van der Waals surface area contributed by atoms with E-state index in [0.717, 1.165) is 12.3 Å². The number of carbonyl (C=O) groups is 1. The fourth-order valence-corrected chi connectivity index (χ4v) is 2.47. The van der Waals surface area contributed by atoms with Crippen LogP contribution in [0.4, 0.5) is 0 Å². The van der Waals surface area contributed by atoms with E-state index in [0.29, 0.717) is 11.8 Å². The summed E-state index contributed by atoms with van der Waals surface area (Å²) in [6.45, 7) is 0. The number of amides is 1. The molecule has 12 heavy (non-hydrogen) atoms. The van der Waals surface area contributed by atoms with Gasteiger partial charge < -0.3 is 5.32 Å². The third-order valence-corrected chi connectivity index (χ3v) is 3.14. The van der Waals surface area contributed by atoms with E-state index in [1.54, 1.807) is 7.05 Å². The van der Waals surface area contributed by atoms with Gasteiger partial charge in [0.1, 0.15) is 0 Å². The summed E-state index contributed by atoms with van der Waals surface area (Å²) in [5, 5.41) is 2.69. The molecule has 2 rings (SSSR count). The van der Waals surface area contributed by atoms with Gasteiger partial charge in [0.15, 0.2) is 0 Å². The Morgan fingerprint density at radius 2 is 2.33 bits per heavy atom. The van der Waals surface area contributed by atoms with Gasteiger partial charge in [0.2, 0.25) is 5.91 Å². The zero-order chi connectivity index (χ0) is 8.55. The minimum atomic E-state index is 0.195. The number of rotatable bonds is 2. The van der Waals surface area contributed by atoms with Crippen LogP contribution in [-0.2, 0) is 4.79 Å². The van der Waals surface area contributed by atoms with E-state index in [-0.39, 0.29) is 5.91 Å². The van der Waals surface area contributed by atoms with Crippen LogP contribution in [0, 0.1) is 17.8 Å². The number of fused-ring (bicyclic) bond motifs is 2. The summed E-state index contributed by atoms with van der Waals surface area (Å²) in [6.07, 6.45) is 7.85. The Kier molecular flexibility index (Phi) is 1.91. The van der Waals surface area contributed by atoms with Crippen molar-refractivity contribution < 1.29 is 4.79 Å². The first-order valence-electron chi connectivity index (χ1n) is 4.68. The summed E-state index contributed by atoms with van der Waals surface area (Å²) >= 11 is 0. The maximum absolute atomic E-state index is 11.1. The van der Waals surface area contributed by atoms with Crippen LogP contribution in [0.25, 0.3) is 0 Å². The van der Waals surface area contributed by atoms with Crippen molar-refractivity contribution in [1.29, 1.82) is 0 Å². The highest BCUT2D eigenvalue weighted by Gasteiger charge is 2.36. The van der Waals surface area contributed by atoms with Crippen LogP contribution in [0.3, 0.4) is 0 Å². The average molecular weight is 165 g/mol. The molecule has 1 fully saturated rings. The van der Waals surface area contributed by atoms with Gasteiger partial charge in [-0.05, 0) is 30.6 Å². The molecule has 0 radical (unpaired) electrons. The van der Waals surface area contributed by atoms with Crippen LogP contribution in [0.2, 0.25) is 0 Å². The maximum atomic E-state index is 11.1. The van der Waals surface area contributed by atoms with Crippen molar-refractivity contribution >= 4 is 5.91 Å². The molecule has 0 heterocycles. The Morgan fingerprint density at radius 1 is 1.50 bits per heavy atom. The molecule has 2 heteroatoms. The van der Waals surface area contributed by atoms with E-state index in [2.05, 4.69) is 17.5 Å². The zero-order valence-electron chi connectivity index (χ0n) is 7.42. The van der Waals surface area contributed by atoms with Crippen LogP contribution >= 0.6 is 0 Å². The van der Waals surface area contributed by atoms with Gasteiger partial charge in [-0.25, -0.2) is 0 Å². The molecule has 0 saturated heterocycles. The topological polar surface area (TPSA) is 29.1 Å². The second-order valence-corrected chi connectivity index (χ2v) is 3.92. The molecule has 1 saturated carbocycles. The smallest absolute Gasteiger partial charge is 0.220 e. The van der Waals surface area contributed by atoms with Crippen molar-refractivity contribution in [2.45, 2.75) is 19.3 Å². The lowest BCUT2D eigenvalue weighted by atomic mass is 9.90. The van der Waals surface area contributed by atoms with E-state index in [1.165, 1.54) is 12.8 Å². The normalized spacial score (nSPS) is 37.2. The Hall–Kier alpha value is -0.790. The van der Waals surface area contributed by atoms with E-state index < -0.39 is 0 Å². The monoisotopic (exact) mass is 165 g/mol. The molecule has 2 aliphatic carbocycles. The van der Waals surface area contributed by atoms with E-state index in [9.17, 15) is 4.79 Å². The molecule has 2 bridgehead atoms. The number of allylic oxidation sites excluding steroid dienone is 2. The average Bonchev–Trinajstić information content (AvgIpc) is 2.64. The van der Waals surface area contributed by atoms with Crippen LogP contribution in [0.5, 0.6) is 0 Å². The van der Waals surface area contributed by atoms with Crippen LogP contribution in [-0.4, -0.2) is 13.0 Å². The summed E-state index contributed by atoms with van der Waals surface area (Å²) in [5.41, 5.74) is 0. The molecule has 1 N–H and O–H groups in total. The first-order chi connectivity index (χ1) is 5.79. The Morgan fingerprint density at radius 3 is 2.83 bits per heavy atom. The highest BCUT2D eigenvalue weighted by atomic mass is 16.1. The summed E-state index contributed by atoms with van der Waals surface area (Å²) in [6, 6.07) is 0. The van der Waals surface area contributed by atoms with E-state index in [4.69, 9.17) is 0 Å². The zero-order valence-corrected chi connectivity index (χ0v) is 7.42. The van der Waals surface area contributed by atoms with Crippen molar-refractivity contribution in [3.05, 3.63) is 12.2 Å². The quantitative estimate of drug-likeness (QED) is 0.614. The predicted molar refractivity (Wildman–Crippen MR) is 47.5 cm³/mol. The first-order valence-corrected chi connectivity index (χ1v) is 4.68. The lowest BCUT2D eigenvalue weighted by Crippen LogP contribution is -2.22. The molecule has 1 amide bonds. The Bertz CT molecular complexity index is 222. The third kappa shape index (κ3) is 1.26. The molecule has 2 aliphatic rings. The molecule has 3 unspecified atom stereocenters. The number of carbonyl (C=O) groups excluding carboxylic acids is 1. The van der Waals surface area contributed by atoms with Crippen LogP contribution in [0.15, 0.2) is 12.2 Å². The molecule has 0 aromatic rings. The summed E-state index contributed by atoms with van der Waals surface area (Å²) in [4.78, 5) is 11.1. The van der Waals surface area contributed by atoms with E-state index in [1.807, 2.05) is 0 Å². The molecular weight excluding hydrogens is 150 g/mol. The standard InChI is InChI=1S/C10H15NO/c1-11-10(12)6-9-5-7-2-3-8(9)4-7/h2-3,7-9H,4-6H2,1H3,(H,11,12). The second-order valence-electron chi connectivity index (χ2n) is 3.92. The third-order valence-electron chi connectivity index (χ3n) is 3.14. The lowest BCUT2D eigenvalue weighted by Gasteiger charge is -2.16. The molecule has 0 spiro atoms. The predicted octanol–water partition coefficient (Wildman–Crippen LogP) is 1.33. The van der Waals surface area contributed by atoms with Gasteiger partial charge in [-0.2, -0.15) is 0 Å². The van der Waals surface area contributed by atoms with Gasteiger partial charge in [0.25, 0.3) is 0 Å².